The highest BCUT2D eigenvalue weighted by Crippen LogP contribution is 2.20. The monoisotopic (exact) mass is 321 g/mol. The number of nitrogens with one attached hydrogen (secondary N) is 1. The summed E-state index contributed by atoms with van der Waals surface area (Å²) in [5.74, 6) is 0. The van der Waals surface area contributed by atoms with Crippen molar-refractivity contribution in [2.75, 3.05) is 6.61 Å². The van der Waals surface area contributed by atoms with Gasteiger partial charge in [0.05, 0.1) is 11.5 Å². The van der Waals surface area contributed by atoms with E-state index in [1.807, 2.05) is 13.8 Å². The van der Waals surface area contributed by atoms with E-state index in [9.17, 15) is 8.42 Å². The number of sulfonamides is 1. The largest absolute Gasteiger partial charge is 0.395 e. The number of aliphatic hydroxyl groups is 1. The molecule has 0 fully saturated rings. The lowest BCUT2D eigenvalue weighted by Gasteiger charge is -2.14. The summed E-state index contributed by atoms with van der Waals surface area (Å²) in [6.45, 7) is 3.44. The Hall–Kier alpha value is -0.430. The maximum absolute atomic E-state index is 12.0. The lowest BCUT2D eigenvalue weighted by atomic mass is 10.2. The van der Waals surface area contributed by atoms with E-state index in [-0.39, 0.29) is 11.5 Å². The smallest absolute Gasteiger partial charge is 0.240 e. The van der Waals surface area contributed by atoms with Crippen molar-refractivity contribution in [1.29, 1.82) is 0 Å². The molecular weight excluding hydrogens is 306 g/mol. The molecule has 6 heteroatoms. The molecule has 4 nitrogen and oxygen atoms in total. The quantitative estimate of drug-likeness (QED) is 0.869. The van der Waals surface area contributed by atoms with Crippen LogP contribution >= 0.6 is 15.9 Å². The average molecular weight is 322 g/mol. The molecule has 0 saturated heterocycles. The van der Waals surface area contributed by atoms with Gasteiger partial charge in [-0.3, -0.25) is 0 Å². The molecule has 17 heavy (non-hydrogen) atoms. The zero-order valence-electron chi connectivity index (χ0n) is 9.77. The van der Waals surface area contributed by atoms with Crippen molar-refractivity contribution in [2.24, 2.45) is 0 Å². The van der Waals surface area contributed by atoms with Gasteiger partial charge in [0.25, 0.3) is 0 Å². The van der Waals surface area contributed by atoms with E-state index in [1.54, 1.807) is 12.1 Å². The van der Waals surface area contributed by atoms with E-state index in [2.05, 4.69) is 20.7 Å². The third kappa shape index (κ3) is 3.77. The van der Waals surface area contributed by atoms with Crippen LogP contribution in [-0.2, 0) is 10.0 Å². The fourth-order valence-corrected chi connectivity index (χ4v) is 2.96. The van der Waals surface area contributed by atoms with Crippen LogP contribution in [0.2, 0.25) is 0 Å². The summed E-state index contributed by atoms with van der Waals surface area (Å²) in [5, 5.41) is 9.00. The minimum atomic E-state index is -3.55. The van der Waals surface area contributed by atoms with Crippen LogP contribution in [0.1, 0.15) is 18.9 Å². The van der Waals surface area contributed by atoms with Gasteiger partial charge >= 0.3 is 0 Å². The summed E-state index contributed by atoms with van der Waals surface area (Å²) < 4.78 is 27.3. The number of rotatable bonds is 5. The highest BCUT2D eigenvalue weighted by Gasteiger charge is 2.18. The number of aliphatic hydroxyl groups excluding tert-OH is 1. The molecule has 96 valence electrons. The summed E-state index contributed by atoms with van der Waals surface area (Å²) in [7, 11) is -3.55. The number of hydrogen-bond donors (Lipinski definition) is 2. The van der Waals surface area contributed by atoms with Crippen molar-refractivity contribution < 1.29 is 13.5 Å². The van der Waals surface area contributed by atoms with Gasteiger partial charge in [-0.15, -0.1) is 0 Å². The average Bonchev–Trinajstić information content (AvgIpc) is 2.29. The molecular formula is C11H16BrNO3S. The molecule has 2 N–H and O–H groups in total. The van der Waals surface area contributed by atoms with Gasteiger partial charge in [-0.2, -0.15) is 0 Å². The van der Waals surface area contributed by atoms with E-state index in [4.69, 9.17) is 5.11 Å². The van der Waals surface area contributed by atoms with Crippen LogP contribution in [0, 0.1) is 6.92 Å². The zero-order valence-corrected chi connectivity index (χ0v) is 12.2. The van der Waals surface area contributed by atoms with Crippen LogP contribution in [0.15, 0.2) is 27.6 Å². The summed E-state index contributed by atoms with van der Waals surface area (Å²) in [4.78, 5) is 0.213. The molecule has 0 bridgehead atoms. The molecule has 0 saturated carbocycles. The van der Waals surface area contributed by atoms with Gasteiger partial charge in [0.2, 0.25) is 10.0 Å². The van der Waals surface area contributed by atoms with Crippen molar-refractivity contribution in [3.05, 3.63) is 28.2 Å². The van der Waals surface area contributed by atoms with Gasteiger partial charge in [0, 0.05) is 10.5 Å². The summed E-state index contributed by atoms with van der Waals surface area (Å²) in [5.41, 5.74) is 0.852. The molecule has 0 unspecified atom stereocenters. The lowest BCUT2D eigenvalue weighted by molar-refractivity contribution is 0.254. The third-order valence-electron chi connectivity index (χ3n) is 2.47. The van der Waals surface area contributed by atoms with Gasteiger partial charge in [-0.25, -0.2) is 13.1 Å². The van der Waals surface area contributed by atoms with Gasteiger partial charge in [-0.1, -0.05) is 22.9 Å². The van der Waals surface area contributed by atoms with Crippen LogP contribution in [0.3, 0.4) is 0 Å². The second-order valence-electron chi connectivity index (χ2n) is 3.82. The number of hydrogen-bond acceptors (Lipinski definition) is 3. The van der Waals surface area contributed by atoms with Crippen LogP contribution in [0.4, 0.5) is 0 Å². The normalized spacial score (nSPS) is 13.6. The van der Waals surface area contributed by atoms with Crippen LogP contribution < -0.4 is 4.72 Å². The van der Waals surface area contributed by atoms with E-state index >= 15 is 0 Å². The van der Waals surface area contributed by atoms with Crippen molar-refractivity contribution >= 4 is 26.0 Å². The molecule has 0 spiro atoms. The van der Waals surface area contributed by atoms with E-state index < -0.39 is 16.1 Å². The van der Waals surface area contributed by atoms with Crippen LogP contribution in [-0.4, -0.2) is 26.2 Å². The molecule has 0 radical (unpaired) electrons. The fraction of sp³-hybridized carbons (Fsp3) is 0.455. The third-order valence-corrected chi connectivity index (χ3v) is 4.88. The predicted molar refractivity (Wildman–Crippen MR) is 70.4 cm³/mol. The predicted octanol–water partition coefficient (Wildman–Crippen LogP) is 1.81. The van der Waals surface area contributed by atoms with Crippen molar-refractivity contribution in [3.63, 3.8) is 0 Å². The topological polar surface area (TPSA) is 66.4 Å². The Morgan fingerprint density at radius 1 is 1.47 bits per heavy atom. The summed E-state index contributed by atoms with van der Waals surface area (Å²) in [6, 6.07) is 4.38. The highest BCUT2D eigenvalue weighted by atomic mass is 79.9. The first-order valence-corrected chi connectivity index (χ1v) is 7.57. The molecule has 1 rings (SSSR count). The summed E-state index contributed by atoms with van der Waals surface area (Å²) in [6.07, 6.45) is 0.547. The standard InChI is InChI=1S/C11H16BrNO3S/c1-3-9(7-14)13-17(15,16)10-4-5-11(12)8(2)6-10/h4-6,9,13-14H,3,7H2,1-2H3/t9-/m0/s1. The first-order chi connectivity index (χ1) is 7.90. The van der Waals surface area contributed by atoms with Crippen molar-refractivity contribution in [3.8, 4) is 0 Å². The molecule has 0 heterocycles. The van der Waals surface area contributed by atoms with Gasteiger partial charge < -0.3 is 5.11 Å². The van der Waals surface area contributed by atoms with Crippen LogP contribution in [0.5, 0.6) is 0 Å². The molecule has 0 aliphatic rings. The minimum absolute atomic E-state index is 0.203. The number of benzene rings is 1. The SMILES string of the molecule is CC[C@@H](CO)NS(=O)(=O)c1ccc(Br)c(C)c1. The first-order valence-electron chi connectivity index (χ1n) is 5.30. The molecule has 0 aromatic heterocycles. The van der Waals surface area contributed by atoms with Gasteiger partial charge in [0.15, 0.2) is 0 Å². The van der Waals surface area contributed by atoms with Crippen LogP contribution in [0.25, 0.3) is 0 Å². The minimum Gasteiger partial charge on any atom is -0.395 e. The molecule has 1 aromatic rings. The maximum Gasteiger partial charge on any atom is 0.240 e. The Bertz CT molecular complexity index is 483. The Morgan fingerprint density at radius 2 is 2.12 bits per heavy atom. The molecule has 0 aliphatic heterocycles. The first kappa shape index (κ1) is 14.6. The summed E-state index contributed by atoms with van der Waals surface area (Å²) >= 11 is 3.32. The van der Waals surface area contributed by atoms with E-state index in [0.717, 1.165) is 10.0 Å². The highest BCUT2D eigenvalue weighted by molar-refractivity contribution is 9.10. The second kappa shape index (κ2) is 5.95. The van der Waals surface area contributed by atoms with E-state index in [0.29, 0.717) is 6.42 Å². The Labute approximate surface area is 110 Å². The lowest BCUT2D eigenvalue weighted by Crippen LogP contribution is -2.36. The molecule has 0 amide bonds. The molecule has 1 atom stereocenters. The van der Waals surface area contributed by atoms with Gasteiger partial charge in [0.1, 0.15) is 0 Å². The van der Waals surface area contributed by atoms with Gasteiger partial charge in [-0.05, 0) is 37.1 Å². The van der Waals surface area contributed by atoms with E-state index in [1.165, 1.54) is 6.07 Å². The number of aryl methyl sites for hydroxylation is 1. The Kier molecular flexibility index (Phi) is 5.12. The second-order valence-corrected chi connectivity index (χ2v) is 6.39. The Morgan fingerprint density at radius 3 is 2.59 bits per heavy atom. The van der Waals surface area contributed by atoms with Crippen molar-refractivity contribution in [2.45, 2.75) is 31.2 Å². The zero-order chi connectivity index (χ0) is 13.1. The fourth-order valence-electron chi connectivity index (χ4n) is 1.32. The molecule has 0 aliphatic carbocycles. The maximum atomic E-state index is 12.0. The van der Waals surface area contributed by atoms with Crippen molar-refractivity contribution in [1.82, 2.24) is 4.72 Å². The molecule has 1 aromatic carbocycles. The number of halogens is 1. The Balaban J connectivity index is 3.01.